The van der Waals surface area contributed by atoms with Crippen molar-refractivity contribution < 1.29 is 14.7 Å². The van der Waals surface area contributed by atoms with Gasteiger partial charge in [0.2, 0.25) is 0 Å². The van der Waals surface area contributed by atoms with Gasteiger partial charge >= 0.3 is 6.09 Å². The number of rotatable bonds is 7. The smallest absolute Gasteiger partial charge is 0.407 e. The zero-order chi connectivity index (χ0) is 30.1. The van der Waals surface area contributed by atoms with Crippen LogP contribution in [0.25, 0.3) is 22.0 Å². The quantitative estimate of drug-likeness (QED) is 0.283. The Morgan fingerprint density at radius 2 is 1.76 bits per heavy atom. The van der Waals surface area contributed by atoms with Crippen molar-refractivity contribution in [3.8, 4) is 11.1 Å². The van der Waals surface area contributed by atoms with E-state index in [4.69, 9.17) is 0 Å². The number of aryl methyl sites for hydroxylation is 1. The van der Waals surface area contributed by atoms with Crippen LogP contribution in [-0.2, 0) is 6.54 Å². The van der Waals surface area contributed by atoms with E-state index < -0.39 is 6.09 Å². The highest BCUT2D eigenvalue weighted by Crippen LogP contribution is 2.31. The minimum atomic E-state index is -0.898. The topological polar surface area (TPSA) is 124 Å². The number of hydrogen-bond acceptors (Lipinski definition) is 5. The molecule has 4 aromatic rings. The zero-order valence-corrected chi connectivity index (χ0v) is 24.8. The largest absolute Gasteiger partial charge is 0.465 e. The molecule has 0 spiro atoms. The molecular formula is C32H38N6O4. The molecule has 1 saturated heterocycles. The van der Waals surface area contributed by atoms with Crippen molar-refractivity contribution >= 4 is 28.7 Å². The van der Waals surface area contributed by atoms with Gasteiger partial charge in [-0.25, -0.2) is 9.78 Å². The number of carboxylic acid groups (broad SMARTS) is 1. The summed E-state index contributed by atoms with van der Waals surface area (Å²) in [5.74, 6) is 0.682. The van der Waals surface area contributed by atoms with E-state index in [1.165, 1.54) is 4.90 Å². The van der Waals surface area contributed by atoms with Crippen LogP contribution in [-0.4, -0.2) is 62.7 Å². The molecule has 0 bridgehead atoms. The van der Waals surface area contributed by atoms with Gasteiger partial charge in [-0.2, -0.15) is 0 Å². The van der Waals surface area contributed by atoms with Crippen LogP contribution in [0.3, 0.4) is 0 Å². The minimum Gasteiger partial charge on any atom is -0.465 e. The third kappa shape index (κ3) is 5.74. The highest BCUT2D eigenvalue weighted by Gasteiger charge is 2.22. The second-order valence-electron chi connectivity index (χ2n) is 11.5. The summed E-state index contributed by atoms with van der Waals surface area (Å²) in [6, 6.07) is 12.0. The van der Waals surface area contributed by atoms with E-state index >= 15 is 0 Å². The number of aromatic amines is 1. The van der Waals surface area contributed by atoms with E-state index in [1.54, 1.807) is 6.20 Å². The lowest BCUT2D eigenvalue weighted by atomic mass is 9.97. The van der Waals surface area contributed by atoms with Crippen LogP contribution in [0.2, 0.25) is 0 Å². The molecule has 10 nitrogen and oxygen atoms in total. The number of benzene rings is 1. The molecule has 1 aromatic carbocycles. The molecule has 0 atom stereocenters. The SMILES string of the molecule is Cc1cc(C(C)C)c(CNC(=O)c2cc(-c3ccc(N4CCN(C(=O)O)CC4)nc3)cc3c2ccn3C(C)C)c(=O)[nH]1. The number of aromatic nitrogens is 3. The number of fused-ring (bicyclic) bond motifs is 1. The summed E-state index contributed by atoms with van der Waals surface area (Å²) < 4.78 is 2.14. The Labute approximate surface area is 245 Å². The number of piperazine rings is 1. The van der Waals surface area contributed by atoms with Gasteiger partial charge < -0.3 is 29.8 Å². The normalized spacial score (nSPS) is 13.8. The lowest BCUT2D eigenvalue weighted by Crippen LogP contribution is -2.48. The first kappa shape index (κ1) is 28.9. The molecule has 3 N–H and O–H groups in total. The van der Waals surface area contributed by atoms with Gasteiger partial charge in [0.1, 0.15) is 5.82 Å². The maximum Gasteiger partial charge on any atom is 0.407 e. The molecule has 42 heavy (non-hydrogen) atoms. The number of pyridine rings is 2. The molecule has 4 heterocycles. The summed E-state index contributed by atoms with van der Waals surface area (Å²) in [5.41, 5.74) is 5.32. The summed E-state index contributed by atoms with van der Waals surface area (Å²) in [6.07, 6.45) is 2.89. The number of carbonyl (C=O) groups excluding carboxylic acids is 1. The molecule has 0 radical (unpaired) electrons. The molecule has 1 aliphatic heterocycles. The van der Waals surface area contributed by atoms with Crippen molar-refractivity contribution in [1.82, 2.24) is 24.8 Å². The fourth-order valence-electron chi connectivity index (χ4n) is 5.64. The lowest BCUT2D eigenvalue weighted by molar-refractivity contribution is 0.0952. The Kier molecular flexibility index (Phi) is 8.06. The van der Waals surface area contributed by atoms with Crippen molar-refractivity contribution in [3.05, 3.63) is 81.5 Å². The average molecular weight is 571 g/mol. The summed E-state index contributed by atoms with van der Waals surface area (Å²) in [7, 11) is 0. The van der Waals surface area contributed by atoms with Gasteiger partial charge in [-0.15, -0.1) is 0 Å². The monoisotopic (exact) mass is 570 g/mol. The van der Waals surface area contributed by atoms with Crippen LogP contribution in [0.4, 0.5) is 10.6 Å². The maximum atomic E-state index is 13.7. The molecule has 0 saturated carbocycles. The van der Waals surface area contributed by atoms with Crippen LogP contribution in [0, 0.1) is 6.92 Å². The molecule has 1 fully saturated rings. The number of nitrogens with zero attached hydrogens (tertiary/aromatic N) is 4. The van der Waals surface area contributed by atoms with E-state index in [9.17, 15) is 19.5 Å². The van der Waals surface area contributed by atoms with E-state index in [-0.39, 0.29) is 30.0 Å². The third-order valence-corrected chi connectivity index (χ3v) is 7.95. The summed E-state index contributed by atoms with van der Waals surface area (Å²) >= 11 is 0. The second kappa shape index (κ2) is 11.7. The third-order valence-electron chi connectivity index (χ3n) is 7.95. The number of amides is 2. The average Bonchev–Trinajstić information content (AvgIpc) is 3.40. The molecule has 10 heteroatoms. The van der Waals surface area contributed by atoms with Crippen LogP contribution in [0.5, 0.6) is 0 Å². The van der Waals surface area contributed by atoms with E-state index in [0.717, 1.165) is 39.1 Å². The number of nitrogens with one attached hydrogen (secondary N) is 2. The molecular weight excluding hydrogens is 532 g/mol. The van der Waals surface area contributed by atoms with Crippen molar-refractivity contribution in [1.29, 1.82) is 0 Å². The van der Waals surface area contributed by atoms with E-state index in [1.807, 2.05) is 57.3 Å². The standard InChI is InChI=1S/C32H38N6O4/c1-19(2)25-14-21(5)35-31(40)27(25)18-34-30(39)26-15-23(16-28-24(26)8-9-38(28)20(3)4)22-6-7-29(33-17-22)36-10-12-37(13-11-36)32(41)42/h6-9,14-17,19-20H,10-13,18H2,1-5H3,(H,34,39)(H,35,40)(H,41,42). The lowest BCUT2D eigenvalue weighted by Gasteiger charge is -2.33. The van der Waals surface area contributed by atoms with Gasteiger partial charge in [0.25, 0.3) is 11.5 Å². The van der Waals surface area contributed by atoms with Crippen molar-refractivity contribution in [2.45, 2.75) is 53.1 Å². The van der Waals surface area contributed by atoms with Crippen molar-refractivity contribution in [3.63, 3.8) is 0 Å². The van der Waals surface area contributed by atoms with Gasteiger partial charge in [-0.1, -0.05) is 13.8 Å². The predicted molar refractivity (Wildman–Crippen MR) is 164 cm³/mol. The summed E-state index contributed by atoms with van der Waals surface area (Å²) in [6.45, 7) is 12.3. The molecule has 220 valence electrons. The van der Waals surface area contributed by atoms with Gasteiger partial charge in [0.05, 0.1) is 0 Å². The molecule has 2 amide bonds. The second-order valence-corrected chi connectivity index (χ2v) is 11.5. The molecule has 5 rings (SSSR count). The first-order valence-corrected chi connectivity index (χ1v) is 14.4. The summed E-state index contributed by atoms with van der Waals surface area (Å²) in [4.78, 5) is 48.7. The molecule has 3 aromatic heterocycles. The highest BCUT2D eigenvalue weighted by molar-refractivity contribution is 6.08. The van der Waals surface area contributed by atoms with E-state index in [2.05, 4.69) is 44.7 Å². The Morgan fingerprint density at radius 1 is 1.02 bits per heavy atom. The van der Waals surface area contributed by atoms with Crippen molar-refractivity contribution in [2.24, 2.45) is 0 Å². The molecule has 0 unspecified atom stereocenters. The molecule has 1 aliphatic rings. The number of hydrogen-bond donors (Lipinski definition) is 3. The van der Waals surface area contributed by atoms with Crippen molar-refractivity contribution in [2.75, 3.05) is 31.1 Å². The van der Waals surface area contributed by atoms with Gasteiger partial charge in [0.15, 0.2) is 0 Å². The van der Waals surface area contributed by atoms with Crippen LogP contribution in [0.15, 0.2) is 53.6 Å². The Bertz CT molecular complexity index is 1680. The van der Waals surface area contributed by atoms with Crippen LogP contribution >= 0.6 is 0 Å². The minimum absolute atomic E-state index is 0.129. The number of H-pyrrole nitrogens is 1. The fourth-order valence-corrected chi connectivity index (χ4v) is 5.64. The highest BCUT2D eigenvalue weighted by atomic mass is 16.4. The van der Waals surface area contributed by atoms with Crippen LogP contribution < -0.4 is 15.8 Å². The Hall–Kier alpha value is -4.60. The first-order valence-electron chi connectivity index (χ1n) is 14.4. The van der Waals surface area contributed by atoms with Crippen LogP contribution in [0.1, 0.15) is 66.8 Å². The Balaban J connectivity index is 1.45. The first-order chi connectivity index (χ1) is 20.0. The number of carbonyl (C=O) groups is 2. The number of anilines is 1. The Morgan fingerprint density at radius 3 is 2.38 bits per heavy atom. The summed E-state index contributed by atoms with van der Waals surface area (Å²) in [5, 5.41) is 13.1. The molecule has 0 aliphatic carbocycles. The zero-order valence-electron chi connectivity index (χ0n) is 24.8. The van der Waals surface area contributed by atoms with E-state index in [0.29, 0.717) is 37.3 Å². The fraction of sp³-hybridized carbons (Fsp3) is 0.375. The van der Waals surface area contributed by atoms with Gasteiger partial charge in [0, 0.05) is 84.4 Å². The maximum absolute atomic E-state index is 13.7. The van der Waals surface area contributed by atoms with Gasteiger partial charge in [-0.3, -0.25) is 9.59 Å². The van der Waals surface area contributed by atoms with Gasteiger partial charge in [-0.05, 0) is 74.2 Å². The predicted octanol–water partition coefficient (Wildman–Crippen LogP) is 5.13.